The van der Waals surface area contributed by atoms with Crippen molar-refractivity contribution in [2.75, 3.05) is 14.1 Å². The van der Waals surface area contributed by atoms with Gasteiger partial charge >= 0.3 is 0 Å². The number of aromatic nitrogens is 2. The Morgan fingerprint density at radius 1 is 1.17 bits per heavy atom. The number of imidazole rings is 1. The van der Waals surface area contributed by atoms with Crippen LogP contribution in [0.15, 0.2) is 42.6 Å². The molecule has 0 aliphatic rings. The van der Waals surface area contributed by atoms with E-state index in [-0.39, 0.29) is 28.2 Å². The highest BCUT2D eigenvalue weighted by atomic mass is 16.2. The lowest BCUT2D eigenvalue weighted by molar-refractivity contribution is -0.128. The second kappa shape index (κ2) is 5.88. The Kier molecular flexibility index (Phi) is 2.12. The molecule has 0 spiro atoms. The van der Waals surface area contributed by atoms with Crippen molar-refractivity contribution in [2.45, 2.75) is 20.1 Å². The number of aryl methyl sites for hydroxylation is 2. The second-order valence-electron chi connectivity index (χ2n) is 5.36. The smallest absolute Gasteiger partial charge is 0.228 e. The molecule has 23 heavy (non-hydrogen) atoms. The van der Waals surface area contributed by atoms with Gasteiger partial charge in [0, 0.05) is 36.8 Å². The lowest BCUT2D eigenvalue weighted by Crippen LogP contribution is -2.24. The van der Waals surface area contributed by atoms with Gasteiger partial charge in [-0.2, -0.15) is 0 Å². The molecule has 3 rings (SSSR count). The third-order valence-electron chi connectivity index (χ3n) is 3.41. The zero-order valence-corrected chi connectivity index (χ0v) is 12.8. The molecule has 0 saturated heterocycles. The van der Waals surface area contributed by atoms with Gasteiger partial charge in [-0.05, 0) is 25.3 Å². The summed E-state index contributed by atoms with van der Waals surface area (Å²) in [6.45, 7) is -4.74. The maximum Gasteiger partial charge on any atom is 0.228 e. The number of benzene rings is 1. The van der Waals surface area contributed by atoms with Crippen LogP contribution in [0.3, 0.4) is 0 Å². The van der Waals surface area contributed by atoms with Gasteiger partial charge in [0.2, 0.25) is 5.91 Å². The fraction of sp³-hybridized carbons (Fsp3) is 0.263. The summed E-state index contributed by atoms with van der Waals surface area (Å²) >= 11 is 0. The Bertz CT molecular complexity index is 1130. The van der Waals surface area contributed by atoms with Gasteiger partial charge in [0.05, 0.1) is 17.8 Å². The summed E-state index contributed by atoms with van der Waals surface area (Å²) in [4.78, 5) is 18.2. The molecule has 118 valence electrons. The minimum absolute atomic E-state index is 0.0314. The molecular formula is C19H21N3O. The van der Waals surface area contributed by atoms with Crippen molar-refractivity contribution < 1.29 is 15.8 Å². The zero-order chi connectivity index (χ0) is 23.4. The SMILES string of the molecule is [2H]C([2H])([2H])c1ccc(-c2nc3ccc(C([2H])([2H])[2H])cn3c2C([2H])([2H])C(=O)N(C)C)cc1. The van der Waals surface area contributed by atoms with Gasteiger partial charge in [0.1, 0.15) is 5.65 Å². The van der Waals surface area contributed by atoms with Crippen LogP contribution in [0.5, 0.6) is 0 Å². The van der Waals surface area contributed by atoms with E-state index < -0.39 is 26.0 Å². The van der Waals surface area contributed by atoms with Crippen LogP contribution in [0.25, 0.3) is 16.9 Å². The van der Waals surface area contributed by atoms with Crippen molar-refractivity contribution in [1.82, 2.24) is 14.3 Å². The van der Waals surface area contributed by atoms with Crippen LogP contribution >= 0.6 is 0 Å². The first kappa shape index (κ1) is 8.29. The lowest BCUT2D eigenvalue weighted by Gasteiger charge is -2.11. The summed E-state index contributed by atoms with van der Waals surface area (Å²) in [5, 5.41) is 0. The topological polar surface area (TPSA) is 37.6 Å². The molecule has 0 aliphatic heterocycles. The molecule has 2 heterocycles. The maximum absolute atomic E-state index is 12.7. The molecule has 0 atom stereocenters. The molecule has 4 heteroatoms. The first-order chi connectivity index (χ1) is 14.1. The van der Waals surface area contributed by atoms with Crippen molar-refractivity contribution in [3.05, 3.63) is 59.4 Å². The summed E-state index contributed by atoms with van der Waals surface area (Å²) in [5.74, 6) is -0.839. The maximum atomic E-state index is 12.7. The van der Waals surface area contributed by atoms with E-state index in [2.05, 4.69) is 4.98 Å². The highest BCUT2D eigenvalue weighted by Gasteiger charge is 2.18. The van der Waals surface area contributed by atoms with Gasteiger partial charge in [-0.3, -0.25) is 4.79 Å². The van der Waals surface area contributed by atoms with E-state index in [9.17, 15) is 4.79 Å². The van der Waals surface area contributed by atoms with Crippen molar-refractivity contribution in [3.63, 3.8) is 0 Å². The third kappa shape index (κ3) is 2.97. The van der Waals surface area contributed by atoms with Crippen LogP contribution in [0.4, 0.5) is 0 Å². The molecule has 4 nitrogen and oxygen atoms in total. The van der Waals surface area contributed by atoms with Gasteiger partial charge < -0.3 is 9.30 Å². The van der Waals surface area contributed by atoms with E-state index in [1.807, 2.05) is 0 Å². The fourth-order valence-electron chi connectivity index (χ4n) is 2.21. The molecule has 0 unspecified atom stereocenters. The standard InChI is InChI=1S/C19H21N3O/c1-13-5-8-15(9-6-13)19-16(11-18(23)21(3)4)22-12-14(2)7-10-17(22)20-19/h5-10,12H,11H2,1-4H3/i1D3,2D3,11D2. The number of carbonyl (C=O) groups excluding carboxylic acids is 1. The first-order valence-electron chi connectivity index (χ1n) is 11.0. The average molecular weight is 315 g/mol. The molecule has 0 radical (unpaired) electrons. The molecule has 0 fully saturated rings. The Morgan fingerprint density at radius 2 is 1.87 bits per heavy atom. The quantitative estimate of drug-likeness (QED) is 0.744. The number of nitrogens with zero attached hydrogens (tertiary/aromatic N) is 3. The van der Waals surface area contributed by atoms with Gasteiger partial charge in [-0.25, -0.2) is 4.98 Å². The minimum Gasteiger partial charge on any atom is -0.348 e. The fourth-order valence-corrected chi connectivity index (χ4v) is 2.21. The third-order valence-corrected chi connectivity index (χ3v) is 3.41. The largest absolute Gasteiger partial charge is 0.348 e. The number of pyridine rings is 1. The first-order valence-corrected chi connectivity index (χ1v) is 7.00. The predicted molar refractivity (Wildman–Crippen MR) is 92.5 cm³/mol. The van der Waals surface area contributed by atoms with Crippen molar-refractivity contribution in [3.8, 4) is 11.3 Å². The predicted octanol–water partition coefficient (Wildman–Crippen LogP) is 3.25. The number of amides is 1. The molecule has 1 amide bonds. The summed E-state index contributed by atoms with van der Waals surface area (Å²) in [6.07, 6.45) is -1.28. The summed E-state index contributed by atoms with van der Waals surface area (Å²) in [6, 6.07) is 8.61. The van der Waals surface area contributed by atoms with E-state index in [1.165, 1.54) is 61.1 Å². The van der Waals surface area contributed by atoms with Crippen LogP contribution < -0.4 is 0 Å². The Morgan fingerprint density at radius 3 is 2.52 bits per heavy atom. The molecule has 0 saturated carbocycles. The van der Waals surface area contributed by atoms with E-state index >= 15 is 0 Å². The van der Waals surface area contributed by atoms with Gasteiger partial charge in [0.15, 0.2) is 0 Å². The van der Waals surface area contributed by atoms with Crippen molar-refractivity contribution in [1.29, 1.82) is 0 Å². The van der Waals surface area contributed by atoms with Crippen LogP contribution in [-0.2, 0) is 11.2 Å². The van der Waals surface area contributed by atoms with Gasteiger partial charge in [-0.15, -0.1) is 0 Å². The molecule has 0 aliphatic carbocycles. The molecule has 0 bridgehead atoms. The van der Waals surface area contributed by atoms with E-state index in [0.29, 0.717) is 5.56 Å². The molecule has 2 aromatic heterocycles. The van der Waals surface area contributed by atoms with Crippen molar-refractivity contribution >= 4 is 11.6 Å². The summed E-state index contributed by atoms with van der Waals surface area (Å²) < 4.78 is 63.9. The van der Waals surface area contributed by atoms with Crippen LogP contribution in [0, 0.1) is 13.7 Å². The summed E-state index contributed by atoms with van der Waals surface area (Å²) in [5.41, 5.74) is 0.731. The minimum atomic E-state index is -2.53. The average Bonchev–Trinajstić information content (AvgIpc) is 3.05. The summed E-state index contributed by atoms with van der Waals surface area (Å²) in [7, 11) is 2.84. The van der Waals surface area contributed by atoms with E-state index in [0.717, 1.165) is 4.90 Å². The Labute approximate surface area is 147 Å². The highest BCUT2D eigenvalue weighted by Crippen LogP contribution is 2.26. The number of hydrogen-bond donors (Lipinski definition) is 0. The Hall–Kier alpha value is -2.62. The number of rotatable bonds is 3. The normalized spacial score (nSPS) is 17.8. The van der Waals surface area contributed by atoms with E-state index in [4.69, 9.17) is 11.0 Å². The number of carbonyl (C=O) groups is 1. The molecule has 3 aromatic rings. The zero-order valence-electron chi connectivity index (χ0n) is 20.8. The highest BCUT2D eigenvalue weighted by molar-refractivity contribution is 5.81. The number of hydrogen-bond acceptors (Lipinski definition) is 2. The van der Waals surface area contributed by atoms with E-state index in [1.54, 1.807) is 0 Å². The number of likely N-dealkylation sites (N-methyl/N-ethyl adjacent to an activating group) is 1. The molecular weight excluding hydrogens is 286 g/mol. The van der Waals surface area contributed by atoms with Gasteiger partial charge in [-0.1, -0.05) is 35.9 Å². The number of fused-ring (bicyclic) bond motifs is 1. The Balaban J connectivity index is 2.32. The second-order valence-corrected chi connectivity index (χ2v) is 5.36. The monoisotopic (exact) mass is 315 g/mol. The van der Waals surface area contributed by atoms with Crippen LogP contribution in [0.1, 0.15) is 27.8 Å². The van der Waals surface area contributed by atoms with Crippen LogP contribution in [-0.4, -0.2) is 34.3 Å². The lowest BCUT2D eigenvalue weighted by atomic mass is 10.1. The van der Waals surface area contributed by atoms with Crippen LogP contribution in [0.2, 0.25) is 0 Å². The molecule has 0 N–H and O–H groups in total. The molecule has 1 aromatic carbocycles. The van der Waals surface area contributed by atoms with Crippen molar-refractivity contribution in [2.24, 2.45) is 0 Å². The van der Waals surface area contributed by atoms with Gasteiger partial charge in [0.25, 0.3) is 0 Å².